The number of nitrogens with two attached hydrogens (primary N) is 1. The van der Waals surface area contributed by atoms with Crippen LogP contribution in [-0.2, 0) is 11.3 Å². The lowest BCUT2D eigenvalue weighted by atomic mass is 10.0. The Labute approximate surface area is 128 Å². The normalized spacial score (nSPS) is 12.4. The number of nitrogens with one attached hydrogen (secondary N) is 1. The van der Waals surface area contributed by atoms with Crippen LogP contribution >= 0.6 is 0 Å². The Morgan fingerprint density at radius 1 is 1.32 bits per heavy atom. The lowest BCUT2D eigenvalue weighted by Crippen LogP contribution is -2.43. The van der Waals surface area contributed by atoms with Crippen molar-refractivity contribution in [1.82, 2.24) is 5.32 Å². The van der Waals surface area contributed by atoms with Gasteiger partial charge in [-0.15, -0.1) is 0 Å². The number of halogens is 2. The molecule has 0 heterocycles. The standard InChI is InChI=1S/C15H22F2N2O3/c1-4-21-12-7-10(5-6-11(12)22-15(16)17)8-19-14(20)13(18)9(2)3/h5-7,9,13,15H,4,8,18H2,1-3H3,(H,19,20)/t13-/m0/s1. The van der Waals surface area contributed by atoms with Crippen LogP contribution in [0.2, 0.25) is 0 Å². The van der Waals surface area contributed by atoms with Crippen molar-refractivity contribution in [2.45, 2.75) is 40.0 Å². The summed E-state index contributed by atoms with van der Waals surface area (Å²) in [4.78, 5) is 11.8. The number of hydrogen-bond donors (Lipinski definition) is 2. The quantitative estimate of drug-likeness (QED) is 0.772. The molecule has 5 nitrogen and oxygen atoms in total. The third-order valence-corrected chi connectivity index (χ3v) is 3.01. The van der Waals surface area contributed by atoms with Gasteiger partial charge in [-0.25, -0.2) is 0 Å². The lowest BCUT2D eigenvalue weighted by molar-refractivity contribution is -0.123. The van der Waals surface area contributed by atoms with Gasteiger partial charge < -0.3 is 20.5 Å². The van der Waals surface area contributed by atoms with E-state index in [0.29, 0.717) is 12.2 Å². The first-order valence-corrected chi connectivity index (χ1v) is 7.09. The van der Waals surface area contributed by atoms with Crippen molar-refractivity contribution in [3.8, 4) is 11.5 Å². The highest BCUT2D eigenvalue weighted by Gasteiger charge is 2.17. The predicted molar refractivity (Wildman–Crippen MR) is 78.9 cm³/mol. The van der Waals surface area contributed by atoms with Gasteiger partial charge in [0.25, 0.3) is 0 Å². The minimum absolute atomic E-state index is 0.0285. The largest absolute Gasteiger partial charge is 0.490 e. The van der Waals surface area contributed by atoms with Crippen LogP contribution in [0.4, 0.5) is 8.78 Å². The summed E-state index contributed by atoms with van der Waals surface area (Å²) in [7, 11) is 0. The molecule has 124 valence electrons. The molecule has 1 amide bonds. The molecule has 0 fully saturated rings. The van der Waals surface area contributed by atoms with E-state index in [0.717, 1.165) is 0 Å². The molecule has 22 heavy (non-hydrogen) atoms. The first-order valence-electron chi connectivity index (χ1n) is 7.09. The van der Waals surface area contributed by atoms with Crippen LogP contribution in [0.25, 0.3) is 0 Å². The zero-order chi connectivity index (χ0) is 16.7. The van der Waals surface area contributed by atoms with Crippen molar-refractivity contribution in [1.29, 1.82) is 0 Å². The molecule has 1 rings (SSSR count). The summed E-state index contributed by atoms with van der Waals surface area (Å²) in [5.74, 6) is -0.0600. The molecule has 0 aliphatic heterocycles. The first-order chi connectivity index (χ1) is 10.3. The molecule has 0 aliphatic carbocycles. The molecular weight excluding hydrogens is 294 g/mol. The highest BCUT2D eigenvalue weighted by molar-refractivity contribution is 5.81. The zero-order valence-corrected chi connectivity index (χ0v) is 12.9. The Balaban J connectivity index is 2.75. The van der Waals surface area contributed by atoms with Gasteiger partial charge in [0.1, 0.15) is 0 Å². The second kappa shape index (κ2) is 8.53. The van der Waals surface area contributed by atoms with Crippen molar-refractivity contribution in [2.75, 3.05) is 6.61 Å². The van der Waals surface area contributed by atoms with Crippen LogP contribution in [0.1, 0.15) is 26.3 Å². The smallest absolute Gasteiger partial charge is 0.387 e. The highest BCUT2D eigenvalue weighted by Crippen LogP contribution is 2.29. The van der Waals surface area contributed by atoms with Gasteiger partial charge in [-0.2, -0.15) is 8.78 Å². The minimum Gasteiger partial charge on any atom is -0.490 e. The topological polar surface area (TPSA) is 73.6 Å². The molecule has 0 aromatic heterocycles. The summed E-state index contributed by atoms with van der Waals surface area (Å²) >= 11 is 0. The Hall–Kier alpha value is -1.89. The summed E-state index contributed by atoms with van der Waals surface area (Å²) in [6.45, 7) is 3.07. The third-order valence-electron chi connectivity index (χ3n) is 3.01. The van der Waals surface area contributed by atoms with Crippen LogP contribution in [0.15, 0.2) is 18.2 Å². The third kappa shape index (κ3) is 5.48. The maximum atomic E-state index is 12.3. The SMILES string of the molecule is CCOc1cc(CNC(=O)[C@@H](N)C(C)C)ccc1OC(F)F. The molecule has 1 atom stereocenters. The number of alkyl halides is 2. The molecule has 0 unspecified atom stereocenters. The van der Waals surface area contributed by atoms with Crippen LogP contribution in [0, 0.1) is 5.92 Å². The van der Waals surface area contributed by atoms with Crippen molar-refractivity contribution < 1.29 is 23.0 Å². The van der Waals surface area contributed by atoms with E-state index in [-0.39, 0.29) is 29.9 Å². The van der Waals surface area contributed by atoms with Gasteiger partial charge in [-0.1, -0.05) is 19.9 Å². The maximum Gasteiger partial charge on any atom is 0.387 e. The first kappa shape index (κ1) is 18.2. The van der Waals surface area contributed by atoms with E-state index in [4.69, 9.17) is 10.5 Å². The maximum absolute atomic E-state index is 12.3. The van der Waals surface area contributed by atoms with E-state index < -0.39 is 12.7 Å². The van der Waals surface area contributed by atoms with Crippen molar-refractivity contribution in [3.05, 3.63) is 23.8 Å². The number of rotatable bonds is 8. The van der Waals surface area contributed by atoms with E-state index in [1.807, 2.05) is 13.8 Å². The summed E-state index contributed by atoms with van der Waals surface area (Å²) in [5, 5.41) is 2.70. The molecule has 0 aliphatic rings. The zero-order valence-electron chi connectivity index (χ0n) is 12.9. The molecule has 1 aromatic carbocycles. The van der Waals surface area contributed by atoms with Gasteiger partial charge in [-0.05, 0) is 30.5 Å². The summed E-state index contributed by atoms with van der Waals surface area (Å²) in [6.07, 6.45) is 0. The molecular formula is C15H22F2N2O3. The van der Waals surface area contributed by atoms with Crippen LogP contribution in [-0.4, -0.2) is 25.2 Å². The molecule has 3 N–H and O–H groups in total. The average molecular weight is 316 g/mol. The molecule has 0 radical (unpaired) electrons. The van der Waals surface area contributed by atoms with Crippen molar-refractivity contribution in [3.63, 3.8) is 0 Å². The van der Waals surface area contributed by atoms with E-state index in [1.54, 1.807) is 19.1 Å². The van der Waals surface area contributed by atoms with Crippen LogP contribution in [0.3, 0.4) is 0 Å². The summed E-state index contributed by atoms with van der Waals surface area (Å²) in [5.41, 5.74) is 6.44. The average Bonchev–Trinajstić information content (AvgIpc) is 2.46. The second-order valence-electron chi connectivity index (χ2n) is 5.08. The Morgan fingerprint density at radius 3 is 2.55 bits per heavy atom. The summed E-state index contributed by atoms with van der Waals surface area (Å²) in [6, 6.07) is 3.94. The Bertz CT molecular complexity index is 496. The van der Waals surface area contributed by atoms with Gasteiger partial charge >= 0.3 is 6.61 Å². The van der Waals surface area contributed by atoms with E-state index in [2.05, 4.69) is 10.1 Å². The number of benzene rings is 1. The number of hydrogen-bond acceptors (Lipinski definition) is 4. The van der Waals surface area contributed by atoms with Crippen LogP contribution in [0.5, 0.6) is 11.5 Å². The van der Waals surface area contributed by atoms with Gasteiger partial charge in [0.2, 0.25) is 5.91 Å². The van der Waals surface area contributed by atoms with Gasteiger partial charge in [0, 0.05) is 6.54 Å². The van der Waals surface area contributed by atoms with E-state index >= 15 is 0 Å². The Morgan fingerprint density at radius 2 is 2.00 bits per heavy atom. The molecule has 7 heteroatoms. The fourth-order valence-electron chi connectivity index (χ4n) is 1.73. The fraction of sp³-hybridized carbons (Fsp3) is 0.533. The monoisotopic (exact) mass is 316 g/mol. The molecule has 0 spiro atoms. The Kier molecular flexibility index (Phi) is 7.04. The number of amides is 1. The van der Waals surface area contributed by atoms with Gasteiger partial charge in [-0.3, -0.25) is 4.79 Å². The van der Waals surface area contributed by atoms with Crippen molar-refractivity contribution in [2.24, 2.45) is 11.7 Å². The number of carbonyl (C=O) groups excluding carboxylic acids is 1. The van der Waals surface area contributed by atoms with Gasteiger partial charge in [0.05, 0.1) is 12.6 Å². The highest BCUT2D eigenvalue weighted by atomic mass is 19.3. The van der Waals surface area contributed by atoms with Gasteiger partial charge in [0.15, 0.2) is 11.5 Å². The second-order valence-corrected chi connectivity index (χ2v) is 5.08. The van der Waals surface area contributed by atoms with Crippen molar-refractivity contribution >= 4 is 5.91 Å². The van der Waals surface area contributed by atoms with Crippen LogP contribution < -0.4 is 20.5 Å². The predicted octanol–water partition coefficient (Wildman–Crippen LogP) is 2.29. The molecule has 1 aromatic rings. The fourth-order valence-corrected chi connectivity index (χ4v) is 1.73. The lowest BCUT2D eigenvalue weighted by Gasteiger charge is -2.16. The molecule has 0 saturated carbocycles. The summed E-state index contributed by atoms with van der Waals surface area (Å²) < 4.78 is 34.3. The molecule has 0 saturated heterocycles. The van der Waals surface area contributed by atoms with E-state index in [1.165, 1.54) is 6.07 Å². The van der Waals surface area contributed by atoms with E-state index in [9.17, 15) is 13.6 Å². The number of carbonyl (C=O) groups is 1. The number of ether oxygens (including phenoxy) is 2. The minimum atomic E-state index is -2.92. The molecule has 0 bridgehead atoms.